The molecule has 3 N–H and O–H groups in total. The molecule has 0 bridgehead atoms. The fourth-order valence-corrected chi connectivity index (χ4v) is 16.0. The summed E-state index contributed by atoms with van der Waals surface area (Å²) in [5, 5.41) is 10.7. The van der Waals surface area contributed by atoms with Crippen LogP contribution >= 0.6 is 15.6 Å². The van der Waals surface area contributed by atoms with Gasteiger partial charge < -0.3 is 33.8 Å². The van der Waals surface area contributed by atoms with E-state index in [4.69, 9.17) is 37.0 Å². The number of carbonyl (C=O) groups is 4. The molecular weight excluding hydrogens is 1440 g/mol. The van der Waals surface area contributed by atoms with Crippen LogP contribution in [0.1, 0.15) is 497 Å². The van der Waals surface area contributed by atoms with E-state index in [2.05, 4.69) is 41.5 Å². The van der Waals surface area contributed by atoms with Gasteiger partial charge in [0.15, 0.2) is 12.2 Å². The highest BCUT2D eigenvalue weighted by Gasteiger charge is 2.31. The van der Waals surface area contributed by atoms with Crippen LogP contribution in [-0.2, 0) is 65.4 Å². The Morgan fingerprint density at radius 2 is 0.432 bits per heavy atom. The number of carbonyl (C=O) groups excluding carboxylic acids is 4. The van der Waals surface area contributed by atoms with Crippen molar-refractivity contribution in [1.29, 1.82) is 0 Å². The third kappa shape index (κ3) is 82.9. The summed E-state index contributed by atoms with van der Waals surface area (Å²) in [4.78, 5) is 73.4. The second kappa shape index (κ2) is 83.1. The van der Waals surface area contributed by atoms with Crippen LogP contribution in [0, 0.1) is 11.8 Å². The number of aliphatic hydroxyl groups is 1. The maximum Gasteiger partial charge on any atom is 0.472 e. The molecular formula is C92H180O17P2. The number of phosphoric acid groups is 2. The van der Waals surface area contributed by atoms with Gasteiger partial charge in [0.05, 0.1) is 26.4 Å². The Kier molecular flexibility index (Phi) is 81.7. The van der Waals surface area contributed by atoms with Gasteiger partial charge >= 0.3 is 39.5 Å². The van der Waals surface area contributed by atoms with Crippen LogP contribution in [0.5, 0.6) is 0 Å². The second-order valence-electron chi connectivity index (χ2n) is 33.5. The van der Waals surface area contributed by atoms with E-state index in [1.807, 2.05) is 0 Å². The van der Waals surface area contributed by atoms with Gasteiger partial charge in [-0.15, -0.1) is 0 Å². The lowest BCUT2D eigenvalue weighted by molar-refractivity contribution is -0.161. The maximum atomic E-state index is 13.2. The molecule has 0 spiro atoms. The average Bonchev–Trinajstić information content (AvgIpc) is 0.898. The molecule has 0 aromatic rings. The topological polar surface area (TPSA) is 237 Å². The molecule has 0 amide bonds. The van der Waals surface area contributed by atoms with Gasteiger partial charge in [-0.2, -0.15) is 0 Å². The fraction of sp³-hybridized carbons (Fsp3) is 0.957. The van der Waals surface area contributed by atoms with Crippen LogP contribution in [0.4, 0.5) is 0 Å². The largest absolute Gasteiger partial charge is 0.472 e. The molecule has 17 nitrogen and oxygen atoms in total. The highest BCUT2D eigenvalue weighted by atomic mass is 31.2. The first kappa shape index (κ1) is 109. The smallest absolute Gasteiger partial charge is 0.462 e. The van der Waals surface area contributed by atoms with Crippen molar-refractivity contribution in [3.05, 3.63) is 0 Å². The van der Waals surface area contributed by atoms with E-state index in [-0.39, 0.29) is 25.7 Å². The van der Waals surface area contributed by atoms with Crippen molar-refractivity contribution in [3.63, 3.8) is 0 Å². The van der Waals surface area contributed by atoms with E-state index in [9.17, 15) is 43.2 Å². The number of phosphoric ester groups is 2. The molecule has 0 aromatic carbocycles. The van der Waals surface area contributed by atoms with Crippen molar-refractivity contribution >= 4 is 39.5 Å². The Bertz CT molecular complexity index is 2120. The Morgan fingerprint density at radius 3 is 0.640 bits per heavy atom. The van der Waals surface area contributed by atoms with Crippen LogP contribution in [0.3, 0.4) is 0 Å². The SMILES string of the molecule is CCCCCCCCCCCCCCCCCCCCCCCCC(=O)OC[C@H](COP(=O)(O)OC[C@@H](O)COP(=O)(O)OC[C@@H](COC(=O)CCCCCCCCCCCCCCC)OC(=O)CCCCCCCCCCCCC(C)CC)OC(=O)CCCCCCCCCCCCCCCCCCCCC(C)CC. The molecule has 0 saturated heterocycles. The zero-order chi connectivity index (χ0) is 81.3. The summed E-state index contributed by atoms with van der Waals surface area (Å²) in [6.07, 6.45) is 77.8. The van der Waals surface area contributed by atoms with E-state index >= 15 is 0 Å². The first-order valence-electron chi connectivity index (χ1n) is 47.6. The van der Waals surface area contributed by atoms with Gasteiger partial charge in [0.25, 0.3) is 0 Å². The number of unbranched alkanes of at least 4 members (excludes halogenated alkanes) is 59. The Morgan fingerprint density at radius 1 is 0.252 bits per heavy atom. The van der Waals surface area contributed by atoms with Crippen molar-refractivity contribution in [2.24, 2.45) is 11.8 Å². The number of hydrogen-bond acceptors (Lipinski definition) is 15. The Balaban J connectivity index is 5.24. The van der Waals surface area contributed by atoms with Crippen LogP contribution in [0.2, 0.25) is 0 Å². The summed E-state index contributed by atoms with van der Waals surface area (Å²) >= 11 is 0. The van der Waals surface area contributed by atoms with Crippen LogP contribution in [0.15, 0.2) is 0 Å². The van der Waals surface area contributed by atoms with E-state index in [1.165, 1.54) is 315 Å². The summed E-state index contributed by atoms with van der Waals surface area (Å²) < 4.78 is 69.1. The van der Waals surface area contributed by atoms with E-state index < -0.39 is 97.5 Å². The van der Waals surface area contributed by atoms with E-state index in [0.717, 1.165) is 102 Å². The molecule has 0 aromatic heterocycles. The van der Waals surface area contributed by atoms with E-state index in [0.29, 0.717) is 25.7 Å². The molecule has 111 heavy (non-hydrogen) atoms. The molecule has 0 rings (SSSR count). The number of esters is 4. The summed E-state index contributed by atoms with van der Waals surface area (Å²) in [5.74, 6) is -0.421. The molecule has 19 heteroatoms. The van der Waals surface area contributed by atoms with Crippen LogP contribution in [0.25, 0.3) is 0 Å². The zero-order valence-electron chi connectivity index (χ0n) is 73.3. The van der Waals surface area contributed by atoms with Crippen molar-refractivity contribution in [3.8, 4) is 0 Å². The minimum absolute atomic E-state index is 0.107. The monoisotopic (exact) mass is 1620 g/mol. The number of hydrogen-bond donors (Lipinski definition) is 3. The first-order valence-corrected chi connectivity index (χ1v) is 50.6. The maximum absolute atomic E-state index is 13.2. The Hall–Kier alpha value is -1.94. The van der Waals surface area contributed by atoms with Gasteiger partial charge in [-0.3, -0.25) is 37.3 Å². The van der Waals surface area contributed by atoms with Crippen LogP contribution in [-0.4, -0.2) is 96.7 Å². The number of rotatable bonds is 91. The van der Waals surface area contributed by atoms with Crippen molar-refractivity contribution in [1.82, 2.24) is 0 Å². The third-order valence-electron chi connectivity index (χ3n) is 22.4. The molecule has 4 unspecified atom stereocenters. The predicted octanol–water partition coefficient (Wildman–Crippen LogP) is 28.6. The third-order valence-corrected chi connectivity index (χ3v) is 24.3. The van der Waals surface area contributed by atoms with Gasteiger partial charge in [-0.25, -0.2) is 9.13 Å². The second-order valence-corrected chi connectivity index (χ2v) is 36.4. The van der Waals surface area contributed by atoms with Crippen molar-refractivity contribution in [2.75, 3.05) is 39.6 Å². The number of aliphatic hydroxyl groups excluding tert-OH is 1. The van der Waals surface area contributed by atoms with Gasteiger partial charge in [-0.05, 0) is 37.5 Å². The molecule has 0 aliphatic heterocycles. The molecule has 0 heterocycles. The van der Waals surface area contributed by atoms with Crippen molar-refractivity contribution in [2.45, 2.75) is 516 Å². The normalized spacial score (nSPS) is 14.2. The van der Waals surface area contributed by atoms with Crippen molar-refractivity contribution < 1.29 is 80.2 Å². The summed E-state index contributed by atoms with van der Waals surface area (Å²) in [6.45, 7) is 9.80. The molecule has 0 aliphatic carbocycles. The van der Waals surface area contributed by atoms with Gasteiger partial charge in [-0.1, -0.05) is 446 Å². The molecule has 0 radical (unpaired) electrons. The average molecular weight is 1620 g/mol. The molecule has 0 saturated carbocycles. The molecule has 0 fully saturated rings. The van der Waals surface area contributed by atoms with E-state index in [1.54, 1.807) is 0 Å². The predicted molar refractivity (Wildman–Crippen MR) is 460 cm³/mol. The highest BCUT2D eigenvalue weighted by molar-refractivity contribution is 7.47. The summed E-state index contributed by atoms with van der Waals surface area (Å²) in [5.41, 5.74) is 0. The fourth-order valence-electron chi connectivity index (χ4n) is 14.4. The van der Waals surface area contributed by atoms with Crippen LogP contribution < -0.4 is 0 Å². The lowest BCUT2D eigenvalue weighted by atomic mass is 9.99. The Labute approximate surface area is 683 Å². The van der Waals surface area contributed by atoms with Gasteiger partial charge in [0, 0.05) is 25.7 Å². The first-order chi connectivity index (χ1) is 53.9. The standard InChI is InChI=1S/C92H180O17P2/c1-7-11-13-15-17-19-21-23-24-25-26-27-28-29-33-36-40-44-51-57-63-69-75-90(95)103-80-87(108-91(96)76-70-64-58-52-45-41-37-34-31-30-32-35-39-42-48-54-60-66-72-84(5)9-3)82-106-110(98,99)104-78-86(93)79-105-111(100,101)107-83-88(81-102-89(94)74-68-62-56-50-43-38-22-20-18-16-14-12-8-2)109-92(97)77-71-65-59-53-47-46-49-55-61-67-73-85(6)10-4/h84-88,93H,7-83H2,1-6H3,(H,98,99)(H,100,101)/t84?,85?,86-,87-,88-/m1/s1. The number of ether oxygens (including phenoxy) is 4. The lowest BCUT2D eigenvalue weighted by Gasteiger charge is -2.21. The minimum Gasteiger partial charge on any atom is -0.462 e. The van der Waals surface area contributed by atoms with Gasteiger partial charge in [0.1, 0.15) is 19.3 Å². The van der Waals surface area contributed by atoms with Gasteiger partial charge in [0.2, 0.25) is 0 Å². The zero-order valence-corrected chi connectivity index (χ0v) is 75.1. The molecule has 0 aliphatic rings. The quantitative estimate of drug-likeness (QED) is 0.0222. The molecule has 7 atom stereocenters. The summed E-state index contributed by atoms with van der Waals surface area (Å²) in [7, 11) is -9.94. The lowest BCUT2D eigenvalue weighted by Crippen LogP contribution is -2.30. The molecule has 660 valence electrons. The summed E-state index contributed by atoms with van der Waals surface area (Å²) in [6, 6.07) is 0. The highest BCUT2D eigenvalue weighted by Crippen LogP contribution is 2.45. The minimum atomic E-state index is -4.97.